The maximum Gasteiger partial charge on any atom is 0.309 e. The molecule has 1 aromatic rings. The number of carbonyl (C=O) groups is 1. The molecule has 0 aliphatic carbocycles. The SMILES string of the molecule is CC(C)(CCN1CCN(c2ccccn2)CC1)C(=O)O. The Kier molecular flexibility index (Phi) is 4.60. The number of aromatic nitrogens is 1. The number of aliphatic carboxylic acids is 1. The van der Waals surface area contributed by atoms with Crippen LogP contribution in [0.1, 0.15) is 20.3 Å². The average molecular weight is 277 g/mol. The fourth-order valence-electron chi connectivity index (χ4n) is 2.29. The van der Waals surface area contributed by atoms with E-state index >= 15 is 0 Å². The highest BCUT2D eigenvalue weighted by Crippen LogP contribution is 2.21. The number of pyridine rings is 1. The van der Waals surface area contributed by atoms with Gasteiger partial charge in [-0.3, -0.25) is 9.69 Å². The molecule has 1 fully saturated rings. The van der Waals surface area contributed by atoms with Crippen molar-refractivity contribution < 1.29 is 9.90 Å². The monoisotopic (exact) mass is 277 g/mol. The highest BCUT2D eigenvalue weighted by molar-refractivity contribution is 5.73. The zero-order chi connectivity index (χ0) is 14.6. The van der Waals surface area contributed by atoms with E-state index in [9.17, 15) is 4.79 Å². The summed E-state index contributed by atoms with van der Waals surface area (Å²) in [6, 6.07) is 5.96. The molecule has 5 nitrogen and oxygen atoms in total. The summed E-state index contributed by atoms with van der Waals surface area (Å²) in [5, 5.41) is 9.13. The van der Waals surface area contributed by atoms with Crippen molar-refractivity contribution >= 4 is 11.8 Å². The number of anilines is 1. The molecule has 110 valence electrons. The molecule has 0 radical (unpaired) electrons. The number of hydrogen-bond acceptors (Lipinski definition) is 4. The Hall–Kier alpha value is -1.62. The molecule has 2 heterocycles. The summed E-state index contributed by atoms with van der Waals surface area (Å²) in [5.41, 5.74) is -0.641. The van der Waals surface area contributed by atoms with Crippen LogP contribution in [0.2, 0.25) is 0 Å². The minimum atomic E-state index is -0.718. The van der Waals surface area contributed by atoms with Gasteiger partial charge in [-0.05, 0) is 38.9 Å². The van der Waals surface area contributed by atoms with E-state index in [4.69, 9.17) is 5.11 Å². The smallest absolute Gasteiger partial charge is 0.309 e. The molecule has 1 saturated heterocycles. The van der Waals surface area contributed by atoms with Crippen molar-refractivity contribution in [1.29, 1.82) is 0 Å². The van der Waals surface area contributed by atoms with Gasteiger partial charge in [0.1, 0.15) is 5.82 Å². The molecule has 0 bridgehead atoms. The summed E-state index contributed by atoms with van der Waals surface area (Å²) in [4.78, 5) is 20.1. The van der Waals surface area contributed by atoms with Gasteiger partial charge in [-0.15, -0.1) is 0 Å². The summed E-state index contributed by atoms with van der Waals surface area (Å²) >= 11 is 0. The number of hydrogen-bond donors (Lipinski definition) is 1. The first-order chi connectivity index (χ1) is 9.49. The largest absolute Gasteiger partial charge is 0.481 e. The second-order valence-corrected chi connectivity index (χ2v) is 5.96. The molecule has 0 aromatic carbocycles. The maximum atomic E-state index is 11.1. The molecule has 0 atom stereocenters. The predicted octanol–water partition coefficient (Wildman–Crippen LogP) is 1.70. The summed E-state index contributed by atoms with van der Waals surface area (Å²) in [5.74, 6) is 0.308. The first-order valence-corrected chi connectivity index (χ1v) is 7.11. The normalized spacial score (nSPS) is 17.2. The molecule has 1 aliphatic rings. The van der Waals surface area contributed by atoms with E-state index in [1.807, 2.05) is 24.4 Å². The van der Waals surface area contributed by atoms with Crippen molar-refractivity contribution in [2.75, 3.05) is 37.6 Å². The third-order valence-corrected chi connectivity index (χ3v) is 3.98. The van der Waals surface area contributed by atoms with Crippen LogP contribution >= 0.6 is 0 Å². The Balaban J connectivity index is 1.79. The number of carboxylic acids is 1. The molecule has 1 N–H and O–H groups in total. The molecule has 20 heavy (non-hydrogen) atoms. The molecule has 0 amide bonds. The fraction of sp³-hybridized carbons (Fsp3) is 0.600. The van der Waals surface area contributed by atoms with E-state index in [0.717, 1.165) is 38.5 Å². The molecule has 0 spiro atoms. The number of carboxylic acid groups (broad SMARTS) is 1. The molecule has 0 unspecified atom stereocenters. The summed E-state index contributed by atoms with van der Waals surface area (Å²) < 4.78 is 0. The highest BCUT2D eigenvalue weighted by atomic mass is 16.4. The quantitative estimate of drug-likeness (QED) is 0.888. The maximum absolute atomic E-state index is 11.1. The minimum Gasteiger partial charge on any atom is -0.481 e. The lowest BCUT2D eigenvalue weighted by Crippen LogP contribution is -2.47. The van der Waals surface area contributed by atoms with Gasteiger partial charge in [0, 0.05) is 32.4 Å². The van der Waals surface area contributed by atoms with Crippen LogP contribution in [0, 0.1) is 5.41 Å². The van der Waals surface area contributed by atoms with Crippen LogP contribution in [0.25, 0.3) is 0 Å². The topological polar surface area (TPSA) is 56.7 Å². The van der Waals surface area contributed by atoms with Crippen LogP contribution in [-0.4, -0.2) is 53.7 Å². The number of rotatable bonds is 5. The van der Waals surface area contributed by atoms with E-state index in [1.165, 1.54) is 0 Å². The lowest BCUT2D eigenvalue weighted by Gasteiger charge is -2.36. The van der Waals surface area contributed by atoms with Crippen LogP contribution < -0.4 is 4.90 Å². The van der Waals surface area contributed by atoms with Crippen molar-refractivity contribution in [3.05, 3.63) is 24.4 Å². The Labute approximate surface area is 120 Å². The van der Waals surface area contributed by atoms with Gasteiger partial charge < -0.3 is 10.0 Å². The Morgan fingerprint density at radius 2 is 2.00 bits per heavy atom. The van der Waals surface area contributed by atoms with E-state index in [0.29, 0.717) is 6.42 Å². The van der Waals surface area contributed by atoms with Crippen LogP contribution in [-0.2, 0) is 4.79 Å². The van der Waals surface area contributed by atoms with Gasteiger partial charge in [-0.1, -0.05) is 6.07 Å². The van der Waals surface area contributed by atoms with Crippen LogP contribution in [0.4, 0.5) is 5.82 Å². The fourth-order valence-corrected chi connectivity index (χ4v) is 2.29. The Morgan fingerprint density at radius 1 is 1.30 bits per heavy atom. The second kappa shape index (κ2) is 6.22. The van der Waals surface area contributed by atoms with Gasteiger partial charge in [0.25, 0.3) is 0 Å². The van der Waals surface area contributed by atoms with E-state index in [1.54, 1.807) is 13.8 Å². The third kappa shape index (κ3) is 3.70. The molecule has 1 aliphatic heterocycles. The van der Waals surface area contributed by atoms with Crippen molar-refractivity contribution in [3.8, 4) is 0 Å². The van der Waals surface area contributed by atoms with E-state index < -0.39 is 11.4 Å². The zero-order valence-corrected chi connectivity index (χ0v) is 12.2. The van der Waals surface area contributed by atoms with Crippen molar-refractivity contribution in [3.63, 3.8) is 0 Å². The Bertz CT molecular complexity index is 440. The number of nitrogens with zero attached hydrogens (tertiary/aromatic N) is 3. The predicted molar refractivity (Wildman–Crippen MR) is 78.9 cm³/mol. The lowest BCUT2D eigenvalue weighted by atomic mass is 9.89. The second-order valence-electron chi connectivity index (χ2n) is 5.96. The minimum absolute atomic E-state index is 0.641. The molecule has 2 rings (SSSR count). The van der Waals surface area contributed by atoms with Crippen LogP contribution in [0.15, 0.2) is 24.4 Å². The summed E-state index contributed by atoms with van der Waals surface area (Å²) in [7, 11) is 0. The molecular weight excluding hydrogens is 254 g/mol. The van der Waals surface area contributed by atoms with Gasteiger partial charge in [0.2, 0.25) is 0 Å². The van der Waals surface area contributed by atoms with Crippen molar-refractivity contribution in [2.45, 2.75) is 20.3 Å². The van der Waals surface area contributed by atoms with Gasteiger partial charge in [-0.25, -0.2) is 4.98 Å². The van der Waals surface area contributed by atoms with Gasteiger partial charge in [0.05, 0.1) is 5.41 Å². The highest BCUT2D eigenvalue weighted by Gasteiger charge is 2.28. The first kappa shape index (κ1) is 14.8. The molecular formula is C15H23N3O2. The molecule has 5 heteroatoms. The lowest BCUT2D eigenvalue weighted by molar-refractivity contribution is -0.147. The summed E-state index contributed by atoms with van der Waals surface area (Å²) in [6.45, 7) is 8.25. The Morgan fingerprint density at radius 3 is 2.55 bits per heavy atom. The van der Waals surface area contributed by atoms with E-state index in [2.05, 4.69) is 14.8 Å². The third-order valence-electron chi connectivity index (χ3n) is 3.98. The molecule has 1 aromatic heterocycles. The van der Waals surface area contributed by atoms with E-state index in [-0.39, 0.29) is 0 Å². The van der Waals surface area contributed by atoms with Crippen LogP contribution in [0.5, 0.6) is 0 Å². The molecule has 0 saturated carbocycles. The van der Waals surface area contributed by atoms with Crippen LogP contribution in [0.3, 0.4) is 0 Å². The first-order valence-electron chi connectivity index (χ1n) is 7.11. The van der Waals surface area contributed by atoms with Gasteiger partial charge in [-0.2, -0.15) is 0 Å². The van der Waals surface area contributed by atoms with Crippen molar-refractivity contribution in [1.82, 2.24) is 9.88 Å². The zero-order valence-electron chi connectivity index (χ0n) is 12.2. The van der Waals surface area contributed by atoms with Gasteiger partial charge in [0.15, 0.2) is 0 Å². The summed E-state index contributed by atoms with van der Waals surface area (Å²) in [6.07, 6.45) is 2.50. The number of piperazine rings is 1. The van der Waals surface area contributed by atoms with Gasteiger partial charge >= 0.3 is 5.97 Å². The van der Waals surface area contributed by atoms with Crippen molar-refractivity contribution in [2.24, 2.45) is 5.41 Å². The standard InChI is InChI=1S/C15H23N3O2/c1-15(2,14(19)20)6-8-17-9-11-18(12-10-17)13-5-3-4-7-16-13/h3-5,7H,6,8-12H2,1-2H3,(H,19,20). The average Bonchev–Trinajstić information content (AvgIpc) is 2.46.